The van der Waals surface area contributed by atoms with Gasteiger partial charge in [-0.3, -0.25) is 0 Å². The van der Waals surface area contributed by atoms with Crippen molar-refractivity contribution in [3.63, 3.8) is 0 Å². The molecule has 0 bridgehead atoms. The fourth-order valence-corrected chi connectivity index (χ4v) is 2.95. The van der Waals surface area contributed by atoms with Crippen LogP contribution in [0.25, 0.3) is 0 Å². The van der Waals surface area contributed by atoms with Crippen molar-refractivity contribution >= 4 is 17.5 Å². The van der Waals surface area contributed by atoms with Gasteiger partial charge in [0.05, 0.1) is 11.7 Å². The lowest BCUT2D eigenvalue weighted by molar-refractivity contribution is 0.0238. The molecule has 1 aliphatic rings. The Morgan fingerprint density at radius 1 is 1.40 bits per heavy atom. The maximum absolute atomic E-state index is 14.5. The van der Waals surface area contributed by atoms with Crippen molar-refractivity contribution in [1.29, 1.82) is 0 Å². The standard InChI is InChI=1S/C19H30FN3O2/c1-13(2)21-14-7-8-17(16(20)11-14)23-10-9-15(12-23)22(6)18(24)25-19(3,4)5/h7-8,11,13,15,21H,9-10,12H2,1-6H3/t15-/m1/s1. The van der Waals surface area contributed by atoms with E-state index in [9.17, 15) is 9.18 Å². The van der Waals surface area contributed by atoms with E-state index in [4.69, 9.17) is 4.74 Å². The van der Waals surface area contributed by atoms with Crippen molar-refractivity contribution in [2.24, 2.45) is 0 Å². The highest BCUT2D eigenvalue weighted by Gasteiger charge is 2.31. The van der Waals surface area contributed by atoms with Crippen molar-refractivity contribution in [3.8, 4) is 0 Å². The monoisotopic (exact) mass is 351 g/mol. The summed E-state index contributed by atoms with van der Waals surface area (Å²) in [6.07, 6.45) is 0.456. The number of anilines is 2. The third-order valence-electron chi connectivity index (χ3n) is 4.14. The average Bonchev–Trinajstić information content (AvgIpc) is 2.93. The third-order valence-corrected chi connectivity index (χ3v) is 4.14. The van der Waals surface area contributed by atoms with E-state index in [1.165, 1.54) is 6.07 Å². The zero-order valence-corrected chi connectivity index (χ0v) is 16.1. The number of halogens is 1. The minimum Gasteiger partial charge on any atom is -0.444 e. The molecule has 0 unspecified atom stereocenters. The molecule has 1 amide bonds. The topological polar surface area (TPSA) is 44.8 Å². The number of hydrogen-bond donors (Lipinski definition) is 1. The first-order valence-electron chi connectivity index (χ1n) is 8.83. The molecule has 5 nitrogen and oxygen atoms in total. The van der Waals surface area contributed by atoms with Gasteiger partial charge in [0.15, 0.2) is 0 Å². The van der Waals surface area contributed by atoms with Gasteiger partial charge < -0.3 is 19.9 Å². The Hall–Kier alpha value is -1.98. The molecule has 0 saturated carbocycles. The second-order valence-electron chi connectivity index (χ2n) is 7.94. The van der Waals surface area contributed by atoms with E-state index in [2.05, 4.69) is 5.32 Å². The van der Waals surface area contributed by atoms with E-state index in [1.807, 2.05) is 45.6 Å². The van der Waals surface area contributed by atoms with Crippen molar-refractivity contribution in [2.45, 2.75) is 58.7 Å². The molecule has 1 aromatic rings. The van der Waals surface area contributed by atoms with Gasteiger partial charge in [-0.2, -0.15) is 0 Å². The van der Waals surface area contributed by atoms with Crippen LogP contribution in [-0.2, 0) is 4.74 Å². The van der Waals surface area contributed by atoms with Crippen LogP contribution >= 0.6 is 0 Å². The van der Waals surface area contributed by atoms with Crippen LogP contribution in [0.4, 0.5) is 20.6 Å². The summed E-state index contributed by atoms with van der Waals surface area (Å²) >= 11 is 0. The number of hydrogen-bond acceptors (Lipinski definition) is 4. The van der Waals surface area contributed by atoms with Gasteiger partial charge in [0.2, 0.25) is 0 Å². The summed E-state index contributed by atoms with van der Waals surface area (Å²) in [6, 6.07) is 5.49. The number of likely N-dealkylation sites (N-methyl/N-ethyl adjacent to an activating group) is 1. The van der Waals surface area contributed by atoms with Crippen LogP contribution in [0.2, 0.25) is 0 Å². The molecule has 140 valence electrons. The molecule has 1 aromatic carbocycles. The van der Waals surface area contributed by atoms with E-state index in [0.717, 1.165) is 12.1 Å². The summed E-state index contributed by atoms with van der Waals surface area (Å²) in [5.41, 5.74) is 0.835. The van der Waals surface area contributed by atoms with E-state index in [-0.39, 0.29) is 24.0 Å². The highest BCUT2D eigenvalue weighted by Crippen LogP contribution is 2.28. The van der Waals surface area contributed by atoms with Crippen molar-refractivity contribution in [2.75, 3.05) is 30.4 Å². The molecule has 0 aromatic heterocycles. The van der Waals surface area contributed by atoms with Crippen LogP contribution in [0.3, 0.4) is 0 Å². The number of nitrogens with one attached hydrogen (secondary N) is 1. The Kier molecular flexibility index (Phi) is 5.80. The average molecular weight is 351 g/mol. The predicted octanol–water partition coefficient (Wildman–Crippen LogP) is 4.09. The van der Waals surface area contributed by atoms with Crippen LogP contribution in [-0.4, -0.2) is 48.8 Å². The normalized spacial score (nSPS) is 17.8. The minimum absolute atomic E-state index is 0.0164. The molecule has 1 fully saturated rings. The van der Waals surface area contributed by atoms with Crippen LogP contribution < -0.4 is 10.2 Å². The minimum atomic E-state index is -0.519. The summed E-state index contributed by atoms with van der Waals surface area (Å²) < 4.78 is 19.9. The Bertz CT molecular complexity index is 613. The zero-order chi connectivity index (χ0) is 18.8. The number of benzene rings is 1. The number of carbonyl (C=O) groups is 1. The molecule has 1 aliphatic heterocycles. The molecule has 0 spiro atoms. The quantitative estimate of drug-likeness (QED) is 0.887. The van der Waals surface area contributed by atoms with Gasteiger partial charge in [-0.1, -0.05) is 0 Å². The van der Waals surface area contributed by atoms with Gasteiger partial charge in [0, 0.05) is 31.9 Å². The fourth-order valence-electron chi connectivity index (χ4n) is 2.95. The van der Waals surface area contributed by atoms with Crippen LogP contribution in [0.15, 0.2) is 18.2 Å². The Balaban J connectivity index is 2.01. The second-order valence-corrected chi connectivity index (χ2v) is 7.94. The van der Waals surface area contributed by atoms with Crippen LogP contribution in [0.5, 0.6) is 0 Å². The molecule has 6 heteroatoms. The van der Waals surface area contributed by atoms with Crippen molar-refractivity contribution < 1.29 is 13.9 Å². The molecular weight excluding hydrogens is 321 g/mol. The Labute approximate surface area is 150 Å². The second kappa shape index (κ2) is 7.50. The summed E-state index contributed by atoms with van der Waals surface area (Å²) in [5, 5.41) is 3.20. The summed E-state index contributed by atoms with van der Waals surface area (Å²) in [5.74, 6) is -0.244. The maximum Gasteiger partial charge on any atom is 0.410 e. The SMILES string of the molecule is CC(C)Nc1ccc(N2CC[C@@H](N(C)C(=O)OC(C)(C)C)C2)c(F)c1. The molecule has 0 radical (unpaired) electrons. The predicted molar refractivity (Wildman–Crippen MR) is 99.8 cm³/mol. The highest BCUT2D eigenvalue weighted by atomic mass is 19.1. The van der Waals surface area contributed by atoms with Gasteiger partial charge in [0.25, 0.3) is 0 Å². The van der Waals surface area contributed by atoms with Crippen molar-refractivity contribution in [1.82, 2.24) is 4.90 Å². The lowest BCUT2D eigenvalue weighted by atomic mass is 10.2. The molecule has 2 rings (SSSR count). The van der Waals surface area contributed by atoms with Gasteiger partial charge >= 0.3 is 6.09 Å². The molecule has 1 atom stereocenters. The highest BCUT2D eigenvalue weighted by molar-refractivity contribution is 5.68. The Morgan fingerprint density at radius 3 is 2.64 bits per heavy atom. The third kappa shape index (κ3) is 5.25. The summed E-state index contributed by atoms with van der Waals surface area (Å²) in [6.45, 7) is 10.9. The van der Waals surface area contributed by atoms with Crippen LogP contribution in [0, 0.1) is 5.82 Å². The molecule has 1 N–H and O–H groups in total. The van der Waals surface area contributed by atoms with Gasteiger partial charge in [-0.05, 0) is 59.2 Å². The molecular formula is C19H30FN3O2. The first-order valence-corrected chi connectivity index (χ1v) is 8.83. The number of nitrogens with zero attached hydrogens (tertiary/aromatic N) is 2. The molecule has 1 heterocycles. The maximum atomic E-state index is 14.5. The van der Waals surface area contributed by atoms with E-state index in [1.54, 1.807) is 18.0 Å². The number of amides is 1. The van der Waals surface area contributed by atoms with Crippen molar-refractivity contribution in [3.05, 3.63) is 24.0 Å². The molecule has 1 saturated heterocycles. The smallest absolute Gasteiger partial charge is 0.410 e. The lowest BCUT2D eigenvalue weighted by Gasteiger charge is -2.29. The van der Waals surface area contributed by atoms with Gasteiger partial charge in [0.1, 0.15) is 11.4 Å². The number of rotatable bonds is 4. The first-order chi connectivity index (χ1) is 11.6. The number of ether oxygens (including phenoxy) is 1. The van der Waals surface area contributed by atoms with E-state index >= 15 is 0 Å². The molecule has 0 aliphatic carbocycles. The lowest BCUT2D eigenvalue weighted by Crippen LogP contribution is -2.42. The van der Waals surface area contributed by atoms with Crippen LogP contribution in [0.1, 0.15) is 41.0 Å². The number of carbonyl (C=O) groups excluding carboxylic acids is 1. The van der Waals surface area contributed by atoms with Gasteiger partial charge in [-0.25, -0.2) is 9.18 Å². The fraction of sp³-hybridized carbons (Fsp3) is 0.632. The van der Waals surface area contributed by atoms with E-state index < -0.39 is 5.60 Å². The largest absolute Gasteiger partial charge is 0.444 e. The molecule has 25 heavy (non-hydrogen) atoms. The Morgan fingerprint density at radius 2 is 2.08 bits per heavy atom. The van der Waals surface area contributed by atoms with Gasteiger partial charge in [-0.15, -0.1) is 0 Å². The summed E-state index contributed by atoms with van der Waals surface area (Å²) in [7, 11) is 1.74. The first kappa shape index (κ1) is 19.3. The van der Waals surface area contributed by atoms with E-state index in [0.29, 0.717) is 18.8 Å². The summed E-state index contributed by atoms with van der Waals surface area (Å²) in [4.78, 5) is 15.8. The zero-order valence-electron chi connectivity index (χ0n) is 16.1.